The number of aromatic nitrogens is 1. The molecular formula is C10H16ClN3O. The van der Waals surface area contributed by atoms with Crippen molar-refractivity contribution in [3.05, 3.63) is 23.0 Å². The molecule has 1 heterocycles. The van der Waals surface area contributed by atoms with Gasteiger partial charge in [0.1, 0.15) is 5.69 Å². The van der Waals surface area contributed by atoms with Gasteiger partial charge in [-0.2, -0.15) is 0 Å². The lowest BCUT2D eigenvalue weighted by molar-refractivity contribution is 0.0942. The van der Waals surface area contributed by atoms with Crippen LogP contribution in [0, 0.1) is 0 Å². The molecule has 0 aliphatic rings. The van der Waals surface area contributed by atoms with Crippen LogP contribution in [0.25, 0.3) is 0 Å². The van der Waals surface area contributed by atoms with Gasteiger partial charge in [-0.05, 0) is 20.0 Å². The first-order chi connectivity index (χ1) is 7.04. The predicted molar refractivity (Wildman–Crippen MR) is 61.3 cm³/mol. The largest absolute Gasteiger partial charge is 0.349 e. The third kappa shape index (κ3) is 3.25. The second kappa shape index (κ2) is 5.19. The number of amides is 1. The summed E-state index contributed by atoms with van der Waals surface area (Å²) in [4.78, 5) is 11.7. The van der Waals surface area contributed by atoms with Gasteiger partial charge in [-0.3, -0.25) is 4.79 Å². The summed E-state index contributed by atoms with van der Waals surface area (Å²) in [5.74, 6) is -0.105. The Balaban J connectivity index is 2.58. The predicted octanol–water partition coefficient (Wildman–Crippen LogP) is 1.02. The average Bonchev–Trinajstić information content (AvgIpc) is 2.53. The molecule has 1 atom stereocenters. The molecule has 0 fully saturated rings. The molecule has 1 aromatic rings. The Labute approximate surface area is 94.6 Å². The quantitative estimate of drug-likeness (QED) is 0.810. The monoisotopic (exact) mass is 229 g/mol. The fourth-order valence-electron chi connectivity index (χ4n) is 1.19. The molecule has 1 unspecified atom stereocenters. The van der Waals surface area contributed by atoms with Crippen LogP contribution in [-0.2, 0) is 7.05 Å². The van der Waals surface area contributed by atoms with Crippen LogP contribution in [0.1, 0.15) is 17.4 Å². The third-order valence-electron chi connectivity index (χ3n) is 2.27. The molecule has 84 valence electrons. The fourth-order valence-corrected chi connectivity index (χ4v) is 1.44. The van der Waals surface area contributed by atoms with E-state index >= 15 is 0 Å². The van der Waals surface area contributed by atoms with E-state index in [0.29, 0.717) is 17.3 Å². The summed E-state index contributed by atoms with van der Waals surface area (Å²) < 4.78 is 1.71. The highest BCUT2D eigenvalue weighted by molar-refractivity contribution is 6.31. The number of halogens is 1. The van der Waals surface area contributed by atoms with Gasteiger partial charge in [0.25, 0.3) is 5.91 Å². The van der Waals surface area contributed by atoms with Crippen LogP contribution in [0.4, 0.5) is 0 Å². The van der Waals surface area contributed by atoms with Gasteiger partial charge in [-0.1, -0.05) is 11.6 Å². The summed E-state index contributed by atoms with van der Waals surface area (Å²) in [5, 5.41) is 6.44. The Kier molecular flexibility index (Phi) is 4.17. The van der Waals surface area contributed by atoms with Crippen LogP contribution in [-0.4, -0.2) is 30.1 Å². The Hall–Kier alpha value is -1.00. The fraction of sp³-hybridized carbons (Fsp3) is 0.500. The summed E-state index contributed by atoms with van der Waals surface area (Å²) in [6.45, 7) is 2.59. The van der Waals surface area contributed by atoms with Gasteiger partial charge < -0.3 is 15.2 Å². The third-order valence-corrected chi connectivity index (χ3v) is 2.47. The minimum atomic E-state index is -0.105. The number of carbonyl (C=O) groups is 1. The van der Waals surface area contributed by atoms with E-state index in [2.05, 4.69) is 10.6 Å². The van der Waals surface area contributed by atoms with E-state index in [-0.39, 0.29) is 11.9 Å². The number of hydrogen-bond donors (Lipinski definition) is 2. The second-order valence-electron chi connectivity index (χ2n) is 3.55. The zero-order chi connectivity index (χ0) is 11.4. The van der Waals surface area contributed by atoms with Crippen LogP contribution in [0.15, 0.2) is 12.3 Å². The van der Waals surface area contributed by atoms with E-state index in [1.165, 1.54) is 0 Å². The molecule has 5 heteroatoms. The molecule has 1 aromatic heterocycles. The normalized spacial score (nSPS) is 12.5. The zero-order valence-corrected chi connectivity index (χ0v) is 9.93. The molecule has 0 radical (unpaired) electrons. The molecule has 0 spiro atoms. The second-order valence-corrected chi connectivity index (χ2v) is 3.99. The molecular weight excluding hydrogens is 214 g/mol. The molecule has 0 bridgehead atoms. The van der Waals surface area contributed by atoms with Crippen LogP contribution >= 0.6 is 11.6 Å². The first-order valence-corrected chi connectivity index (χ1v) is 5.19. The highest BCUT2D eigenvalue weighted by Crippen LogP contribution is 2.12. The summed E-state index contributed by atoms with van der Waals surface area (Å²) in [5.41, 5.74) is 0.573. The summed E-state index contributed by atoms with van der Waals surface area (Å²) >= 11 is 5.79. The van der Waals surface area contributed by atoms with Crippen molar-refractivity contribution in [2.75, 3.05) is 13.6 Å². The van der Waals surface area contributed by atoms with Crippen molar-refractivity contribution in [2.45, 2.75) is 13.0 Å². The van der Waals surface area contributed by atoms with Crippen LogP contribution in [0.2, 0.25) is 5.02 Å². The van der Waals surface area contributed by atoms with Crippen molar-refractivity contribution in [2.24, 2.45) is 7.05 Å². The Bertz CT molecular complexity index is 348. The van der Waals surface area contributed by atoms with Gasteiger partial charge in [0.15, 0.2) is 0 Å². The smallest absolute Gasteiger partial charge is 0.268 e. The highest BCUT2D eigenvalue weighted by atomic mass is 35.5. The summed E-state index contributed by atoms with van der Waals surface area (Å²) in [6, 6.07) is 1.91. The van der Waals surface area contributed by atoms with E-state index in [4.69, 9.17) is 11.6 Å². The first kappa shape index (κ1) is 12.1. The van der Waals surface area contributed by atoms with Crippen LogP contribution in [0.5, 0.6) is 0 Å². The molecule has 0 aliphatic carbocycles. The van der Waals surface area contributed by atoms with Gasteiger partial charge >= 0.3 is 0 Å². The van der Waals surface area contributed by atoms with Gasteiger partial charge in [0.2, 0.25) is 0 Å². The van der Waals surface area contributed by atoms with E-state index in [9.17, 15) is 4.79 Å². The van der Waals surface area contributed by atoms with E-state index in [1.807, 2.05) is 14.0 Å². The van der Waals surface area contributed by atoms with Crippen molar-refractivity contribution in [1.29, 1.82) is 0 Å². The standard InChI is InChI=1S/C10H16ClN3O/c1-7(12-2)5-13-10(15)9-4-8(11)6-14(9)3/h4,6-7,12H,5H2,1-3H3,(H,13,15). The number of hydrogen-bond acceptors (Lipinski definition) is 2. The van der Waals surface area contributed by atoms with Crippen molar-refractivity contribution in [3.63, 3.8) is 0 Å². The van der Waals surface area contributed by atoms with Crippen LogP contribution < -0.4 is 10.6 Å². The lowest BCUT2D eigenvalue weighted by Crippen LogP contribution is -2.37. The number of nitrogens with one attached hydrogen (secondary N) is 2. The van der Waals surface area contributed by atoms with E-state index < -0.39 is 0 Å². The Morgan fingerprint density at radius 2 is 2.33 bits per heavy atom. The van der Waals surface area contributed by atoms with E-state index in [1.54, 1.807) is 23.9 Å². The van der Waals surface area contributed by atoms with Crippen LogP contribution in [0.3, 0.4) is 0 Å². The number of carbonyl (C=O) groups excluding carboxylic acids is 1. The topological polar surface area (TPSA) is 46.1 Å². The lowest BCUT2D eigenvalue weighted by atomic mass is 10.3. The SMILES string of the molecule is CNC(C)CNC(=O)c1cc(Cl)cn1C. The maximum atomic E-state index is 11.7. The molecule has 4 nitrogen and oxygen atoms in total. The zero-order valence-electron chi connectivity index (χ0n) is 9.17. The van der Waals surface area contributed by atoms with Crippen molar-refractivity contribution in [1.82, 2.24) is 15.2 Å². The molecule has 0 aromatic carbocycles. The Morgan fingerprint density at radius 3 is 2.80 bits per heavy atom. The molecule has 2 N–H and O–H groups in total. The molecule has 1 amide bonds. The maximum Gasteiger partial charge on any atom is 0.268 e. The van der Waals surface area contributed by atoms with Gasteiger partial charge in [0, 0.05) is 25.8 Å². The average molecular weight is 230 g/mol. The number of likely N-dealkylation sites (N-methyl/N-ethyl adjacent to an activating group) is 1. The number of nitrogens with zero attached hydrogens (tertiary/aromatic N) is 1. The molecule has 0 aliphatic heterocycles. The van der Waals surface area contributed by atoms with Crippen molar-refractivity contribution in [3.8, 4) is 0 Å². The minimum Gasteiger partial charge on any atom is -0.349 e. The molecule has 15 heavy (non-hydrogen) atoms. The lowest BCUT2D eigenvalue weighted by Gasteiger charge is -2.11. The minimum absolute atomic E-state index is 0.105. The number of rotatable bonds is 4. The van der Waals surface area contributed by atoms with E-state index in [0.717, 1.165) is 0 Å². The van der Waals surface area contributed by atoms with Crippen molar-refractivity contribution >= 4 is 17.5 Å². The molecule has 1 rings (SSSR count). The maximum absolute atomic E-state index is 11.7. The van der Waals surface area contributed by atoms with Crippen molar-refractivity contribution < 1.29 is 4.79 Å². The van der Waals surface area contributed by atoms with Gasteiger partial charge in [-0.25, -0.2) is 0 Å². The van der Waals surface area contributed by atoms with Gasteiger partial charge in [0.05, 0.1) is 5.02 Å². The summed E-state index contributed by atoms with van der Waals surface area (Å²) in [7, 11) is 3.65. The Morgan fingerprint density at radius 1 is 1.67 bits per heavy atom. The van der Waals surface area contributed by atoms with Gasteiger partial charge in [-0.15, -0.1) is 0 Å². The number of aryl methyl sites for hydroxylation is 1. The highest BCUT2D eigenvalue weighted by Gasteiger charge is 2.11. The first-order valence-electron chi connectivity index (χ1n) is 4.82. The molecule has 0 saturated carbocycles. The summed E-state index contributed by atoms with van der Waals surface area (Å²) in [6.07, 6.45) is 1.71. The molecule has 0 saturated heterocycles.